The van der Waals surface area contributed by atoms with Crippen LogP contribution in [0.2, 0.25) is 0 Å². The molecule has 6 unspecified atom stereocenters. The van der Waals surface area contributed by atoms with Gasteiger partial charge < -0.3 is 18.9 Å². The van der Waals surface area contributed by atoms with Crippen LogP contribution in [0.3, 0.4) is 0 Å². The first-order valence-corrected chi connectivity index (χ1v) is 9.50. The lowest BCUT2D eigenvalue weighted by Gasteiger charge is -2.32. The molecule has 2 saturated carbocycles. The van der Waals surface area contributed by atoms with Crippen molar-refractivity contribution >= 4 is 23.9 Å². The molecule has 0 amide bonds. The number of fused-ring (bicyclic) bond motifs is 1. The number of ether oxygens (including phenoxy) is 4. The number of carbonyl (C=O) groups excluding carboxylic acids is 4. The summed E-state index contributed by atoms with van der Waals surface area (Å²) in [6.45, 7) is 5.73. The molecule has 0 radical (unpaired) electrons. The molecule has 27 heavy (non-hydrogen) atoms. The highest BCUT2D eigenvalue weighted by Crippen LogP contribution is 2.63. The molecule has 2 aliphatic heterocycles. The van der Waals surface area contributed by atoms with Gasteiger partial charge in [-0.1, -0.05) is 6.92 Å². The van der Waals surface area contributed by atoms with Crippen LogP contribution in [-0.2, 0) is 38.1 Å². The van der Waals surface area contributed by atoms with Gasteiger partial charge in [0.1, 0.15) is 12.2 Å². The molecule has 4 rings (SSSR count). The molecular weight excluding hydrogens is 356 g/mol. The lowest BCUT2D eigenvalue weighted by atomic mass is 9.73. The topological polar surface area (TPSA) is 105 Å². The normalized spacial score (nSPS) is 39.3. The molecule has 2 saturated heterocycles. The molecule has 0 aromatic heterocycles. The summed E-state index contributed by atoms with van der Waals surface area (Å²) in [5, 5.41) is 0. The minimum absolute atomic E-state index is 0.133. The quantitative estimate of drug-likeness (QED) is 0.397. The second-order valence-electron chi connectivity index (χ2n) is 8.61. The van der Waals surface area contributed by atoms with Crippen LogP contribution in [0.15, 0.2) is 0 Å². The highest BCUT2D eigenvalue weighted by atomic mass is 16.6. The molecule has 0 aromatic rings. The Morgan fingerprint density at radius 3 is 2.63 bits per heavy atom. The second-order valence-corrected chi connectivity index (χ2v) is 8.61. The van der Waals surface area contributed by atoms with E-state index in [-0.39, 0.29) is 30.8 Å². The Balaban J connectivity index is 1.50. The largest absolute Gasteiger partial charge is 0.463 e. The number of hydrogen-bond acceptors (Lipinski definition) is 8. The van der Waals surface area contributed by atoms with Crippen molar-refractivity contribution in [1.29, 1.82) is 0 Å². The summed E-state index contributed by atoms with van der Waals surface area (Å²) in [4.78, 5) is 49.5. The summed E-state index contributed by atoms with van der Waals surface area (Å²) >= 11 is 0. The van der Waals surface area contributed by atoms with E-state index in [0.717, 1.165) is 0 Å². The third kappa shape index (κ3) is 2.48. The van der Waals surface area contributed by atoms with E-state index in [9.17, 15) is 19.2 Å². The minimum Gasteiger partial charge on any atom is -0.463 e. The molecule has 0 aromatic carbocycles. The number of rotatable bonds is 5. The van der Waals surface area contributed by atoms with Crippen molar-refractivity contribution in [2.45, 2.75) is 64.8 Å². The van der Waals surface area contributed by atoms with E-state index in [4.69, 9.17) is 18.9 Å². The van der Waals surface area contributed by atoms with Crippen molar-refractivity contribution in [3.05, 3.63) is 0 Å². The summed E-state index contributed by atoms with van der Waals surface area (Å²) in [5.74, 6) is -2.78. The number of cyclic esters (lactones) is 1. The number of carbonyl (C=O) groups is 4. The summed E-state index contributed by atoms with van der Waals surface area (Å²) in [7, 11) is 0. The molecule has 2 heterocycles. The molecular formula is C19H24O8. The molecule has 0 N–H and O–H groups in total. The fraction of sp³-hybridized carbons (Fsp3) is 0.789. The van der Waals surface area contributed by atoms with E-state index in [1.54, 1.807) is 0 Å². The molecule has 148 valence electrons. The van der Waals surface area contributed by atoms with Crippen LogP contribution >= 0.6 is 0 Å². The first-order chi connectivity index (χ1) is 12.7. The van der Waals surface area contributed by atoms with Gasteiger partial charge in [-0.2, -0.15) is 0 Å². The standard InChI is InChI=1S/C19H24O8/c1-4-18(2,3)15(21)26-12-9-7-10-13(12)27-17(23)19(10,8-9)16(22)25-11-5-6-24-14(11)20/h9-13H,4-8H2,1-3H3. The fourth-order valence-electron chi connectivity index (χ4n) is 4.68. The van der Waals surface area contributed by atoms with Crippen LogP contribution < -0.4 is 0 Å². The Bertz CT molecular complexity index is 712. The second kappa shape index (κ2) is 5.94. The van der Waals surface area contributed by atoms with Crippen LogP contribution in [0.1, 0.15) is 46.5 Å². The van der Waals surface area contributed by atoms with Crippen molar-refractivity contribution in [1.82, 2.24) is 0 Å². The number of esters is 4. The Hall–Kier alpha value is -2.12. The van der Waals surface area contributed by atoms with E-state index in [2.05, 4.69) is 0 Å². The van der Waals surface area contributed by atoms with Gasteiger partial charge in [-0.05, 0) is 33.1 Å². The maximum absolute atomic E-state index is 12.8. The van der Waals surface area contributed by atoms with Gasteiger partial charge in [0.05, 0.1) is 12.0 Å². The van der Waals surface area contributed by atoms with Gasteiger partial charge in [-0.3, -0.25) is 14.4 Å². The van der Waals surface area contributed by atoms with Crippen LogP contribution in [-0.4, -0.2) is 48.8 Å². The fourth-order valence-corrected chi connectivity index (χ4v) is 4.68. The van der Waals surface area contributed by atoms with Crippen molar-refractivity contribution < 1.29 is 38.1 Å². The molecule has 4 aliphatic rings. The Kier molecular flexibility index (Phi) is 4.01. The van der Waals surface area contributed by atoms with E-state index in [0.29, 0.717) is 19.3 Å². The van der Waals surface area contributed by atoms with Crippen LogP contribution in [0.4, 0.5) is 0 Å². The van der Waals surface area contributed by atoms with E-state index in [1.807, 2.05) is 20.8 Å². The van der Waals surface area contributed by atoms with E-state index >= 15 is 0 Å². The monoisotopic (exact) mass is 380 g/mol. The molecule has 8 heteroatoms. The average Bonchev–Trinajstić information content (AvgIpc) is 3.33. The Morgan fingerprint density at radius 2 is 2.00 bits per heavy atom. The smallest absolute Gasteiger partial charge is 0.347 e. The summed E-state index contributed by atoms with van der Waals surface area (Å²) < 4.78 is 21.3. The highest BCUT2D eigenvalue weighted by Gasteiger charge is 2.75. The van der Waals surface area contributed by atoms with Gasteiger partial charge in [0.15, 0.2) is 5.41 Å². The molecule has 6 atom stereocenters. The van der Waals surface area contributed by atoms with E-state index < -0.39 is 47.0 Å². The van der Waals surface area contributed by atoms with Gasteiger partial charge in [-0.25, -0.2) is 4.79 Å². The first-order valence-electron chi connectivity index (χ1n) is 9.50. The summed E-state index contributed by atoms with van der Waals surface area (Å²) in [6, 6.07) is 0. The van der Waals surface area contributed by atoms with Crippen LogP contribution in [0, 0.1) is 22.7 Å². The van der Waals surface area contributed by atoms with Crippen LogP contribution in [0.25, 0.3) is 0 Å². The van der Waals surface area contributed by atoms with Crippen molar-refractivity contribution in [2.24, 2.45) is 22.7 Å². The summed E-state index contributed by atoms with van der Waals surface area (Å²) in [6.07, 6.45) is -0.418. The Labute approximate surface area is 156 Å². The zero-order chi connectivity index (χ0) is 19.6. The SMILES string of the molecule is CCC(C)(C)C(=O)OC1C2CC3C1OC(=O)C3(C(=O)OC1CCOC1=O)C2. The predicted octanol–water partition coefficient (Wildman–Crippen LogP) is 1.14. The first kappa shape index (κ1) is 18.3. The maximum atomic E-state index is 12.8. The highest BCUT2D eigenvalue weighted by molar-refractivity contribution is 6.03. The third-order valence-corrected chi connectivity index (χ3v) is 6.75. The van der Waals surface area contributed by atoms with E-state index in [1.165, 1.54) is 0 Å². The van der Waals surface area contributed by atoms with Crippen molar-refractivity contribution in [3.8, 4) is 0 Å². The minimum atomic E-state index is -1.39. The van der Waals surface area contributed by atoms with Gasteiger partial charge in [0.25, 0.3) is 0 Å². The molecule has 8 nitrogen and oxygen atoms in total. The zero-order valence-electron chi connectivity index (χ0n) is 15.7. The van der Waals surface area contributed by atoms with Gasteiger partial charge in [-0.15, -0.1) is 0 Å². The van der Waals surface area contributed by atoms with Crippen molar-refractivity contribution in [3.63, 3.8) is 0 Å². The van der Waals surface area contributed by atoms with Crippen molar-refractivity contribution in [2.75, 3.05) is 6.61 Å². The van der Waals surface area contributed by atoms with Gasteiger partial charge >= 0.3 is 23.9 Å². The average molecular weight is 380 g/mol. The Morgan fingerprint density at radius 1 is 1.26 bits per heavy atom. The zero-order valence-corrected chi connectivity index (χ0v) is 15.7. The summed E-state index contributed by atoms with van der Waals surface area (Å²) in [5.41, 5.74) is -2.01. The molecule has 2 bridgehead atoms. The lowest BCUT2D eigenvalue weighted by molar-refractivity contribution is -0.174. The maximum Gasteiger partial charge on any atom is 0.347 e. The molecule has 0 spiro atoms. The third-order valence-electron chi connectivity index (χ3n) is 6.75. The van der Waals surface area contributed by atoms with Gasteiger partial charge in [0, 0.05) is 18.3 Å². The molecule has 4 fully saturated rings. The van der Waals surface area contributed by atoms with Crippen LogP contribution in [0.5, 0.6) is 0 Å². The number of hydrogen-bond donors (Lipinski definition) is 0. The molecule has 2 aliphatic carbocycles. The predicted molar refractivity (Wildman–Crippen MR) is 87.9 cm³/mol. The lowest BCUT2D eigenvalue weighted by Crippen LogP contribution is -2.47. The van der Waals surface area contributed by atoms with Gasteiger partial charge in [0.2, 0.25) is 6.10 Å².